The number of hydrogen-bond acceptors (Lipinski definition) is 4. The zero-order valence-electron chi connectivity index (χ0n) is 10.1. The van der Waals surface area contributed by atoms with E-state index in [1.54, 1.807) is 12.1 Å². The Morgan fingerprint density at radius 3 is 2.63 bits per heavy atom. The lowest BCUT2D eigenvalue weighted by atomic mass is 10.1. The number of carbonyl (C=O) groups is 1. The minimum Gasteiger partial charge on any atom is -0.294 e. The van der Waals surface area contributed by atoms with Gasteiger partial charge in [0.25, 0.3) is 0 Å². The number of ketones is 1. The fraction of sp³-hybridized carbons (Fsp3) is 0.154. The summed E-state index contributed by atoms with van der Waals surface area (Å²) >= 11 is 4.87. The molecular weight excluding hydrogens is 348 g/mol. The normalized spacial score (nSPS) is 11.5. The number of benzene rings is 1. The van der Waals surface area contributed by atoms with E-state index in [9.17, 15) is 13.2 Å². The fourth-order valence-corrected chi connectivity index (χ4v) is 3.76. The van der Waals surface area contributed by atoms with Crippen molar-refractivity contribution in [2.45, 2.75) is 11.3 Å². The Balaban J connectivity index is 2.28. The Bertz CT molecular complexity index is 717. The van der Waals surface area contributed by atoms with Crippen LogP contribution < -0.4 is 0 Å². The van der Waals surface area contributed by atoms with Crippen molar-refractivity contribution in [3.8, 4) is 0 Å². The zero-order valence-corrected chi connectivity index (χ0v) is 13.3. The molecule has 0 fully saturated rings. The van der Waals surface area contributed by atoms with Crippen LogP contribution in [0.4, 0.5) is 0 Å². The molecule has 1 aromatic carbocycles. The Morgan fingerprint density at radius 2 is 2.05 bits per heavy atom. The summed E-state index contributed by atoms with van der Waals surface area (Å²) in [5.74, 6) is -0.0892. The lowest BCUT2D eigenvalue weighted by Crippen LogP contribution is -2.05. The highest BCUT2D eigenvalue weighted by atomic mass is 79.9. The van der Waals surface area contributed by atoms with Gasteiger partial charge in [-0.2, -0.15) is 0 Å². The maximum atomic E-state index is 12.1. The van der Waals surface area contributed by atoms with Gasteiger partial charge >= 0.3 is 0 Å². The number of Topliss-reactive ketones (excluding diaryl/α,β-unsaturated/α-hetero) is 1. The quantitative estimate of drug-likeness (QED) is 0.787. The van der Waals surface area contributed by atoms with Crippen LogP contribution in [0.15, 0.2) is 45.1 Å². The van der Waals surface area contributed by atoms with Crippen LogP contribution in [-0.4, -0.2) is 20.5 Å². The van der Waals surface area contributed by atoms with Crippen LogP contribution in [-0.2, 0) is 16.3 Å². The molecule has 0 radical (unpaired) electrons. The summed E-state index contributed by atoms with van der Waals surface area (Å²) in [5.41, 5.74) is 0.420. The summed E-state index contributed by atoms with van der Waals surface area (Å²) in [6.07, 6.45) is 1.40. The molecule has 0 saturated carbocycles. The van der Waals surface area contributed by atoms with E-state index in [1.807, 2.05) is 11.4 Å². The van der Waals surface area contributed by atoms with Gasteiger partial charge < -0.3 is 0 Å². The van der Waals surface area contributed by atoms with Gasteiger partial charge in [-0.25, -0.2) is 8.42 Å². The highest BCUT2D eigenvalue weighted by molar-refractivity contribution is 9.10. The predicted molar refractivity (Wildman–Crippen MR) is 79.6 cm³/mol. The summed E-state index contributed by atoms with van der Waals surface area (Å²) in [7, 11) is -3.29. The van der Waals surface area contributed by atoms with Gasteiger partial charge in [0.1, 0.15) is 0 Å². The van der Waals surface area contributed by atoms with Crippen LogP contribution in [0.1, 0.15) is 15.2 Å². The third kappa shape index (κ3) is 3.52. The molecule has 0 aliphatic carbocycles. The lowest BCUT2D eigenvalue weighted by molar-refractivity contribution is 0.0993. The molecule has 0 aliphatic rings. The topological polar surface area (TPSA) is 51.2 Å². The standard InChI is InChI=1S/C13H11BrO3S2/c1-19(16,17)10-4-2-3-9(7-10)12(15)8-13-11(14)5-6-18-13/h2-7H,8H2,1H3. The number of rotatable bonds is 4. The second-order valence-corrected chi connectivity index (χ2v) is 7.96. The summed E-state index contributed by atoms with van der Waals surface area (Å²) in [4.78, 5) is 13.2. The number of hydrogen-bond donors (Lipinski definition) is 0. The Kier molecular flexibility index (Phi) is 4.23. The van der Waals surface area contributed by atoms with Gasteiger partial charge in [-0.3, -0.25) is 4.79 Å². The smallest absolute Gasteiger partial charge is 0.175 e. The van der Waals surface area contributed by atoms with Crippen molar-refractivity contribution >= 4 is 42.9 Å². The average Bonchev–Trinajstić information content (AvgIpc) is 2.74. The molecule has 6 heteroatoms. The van der Waals surface area contributed by atoms with Crippen molar-refractivity contribution in [3.63, 3.8) is 0 Å². The van der Waals surface area contributed by atoms with E-state index >= 15 is 0 Å². The maximum Gasteiger partial charge on any atom is 0.175 e. The molecule has 0 unspecified atom stereocenters. The summed E-state index contributed by atoms with van der Waals surface area (Å²) in [6.45, 7) is 0. The molecule has 0 atom stereocenters. The first kappa shape index (κ1) is 14.4. The van der Waals surface area contributed by atoms with Gasteiger partial charge in [0.15, 0.2) is 15.6 Å². The lowest BCUT2D eigenvalue weighted by Gasteiger charge is -2.03. The molecule has 0 amide bonds. The first-order chi connectivity index (χ1) is 8.88. The van der Waals surface area contributed by atoms with Crippen LogP contribution in [0.2, 0.25) is 0 Å². The molecule has 0 saturated heterocycles. The van der Waals surface area contributed by atoms with Gasteiger partial charge in [-0.15, -0.1) is 11.3 Å². The molecule has 19 heavy (non-hydrogen) atoms. The van der Waals surface area contributed by atoms with E-state index in [2.05, 4.69) is 15.9 Å². The van der Waals surface area contributed by atoms with Crippen LogP contribution in [0.3, 0.4) is 0 Å². The molecule has 0 N–H and O–H groups in total. The van der Waals surface area contributed by atoms with E-state index in [0.29, 0.717) is 5.56 Å². The van der Waals surface area contributed by atoms with Gasteiger partial charge in [-0.1, -0.05) is 12.1 Å². The summed E-state index contributed by atoms with van der Waals surface area (Å²) in [5, 5.41) is 1.90. The molecule has 100 valence electrons. The molecule has 2 aromatic rings. The third-order valence-electron chi connectivity index (χ3n) is 2.60. The predicted octanol–water partition coefficient (Wildman–Crippen LogP) is 3.34. The average molecular weight is 359 g/mol. The van der Waals surface area contributed by atoms with Gasteiger partial charge in [0.05, 0.1) is 4.90 Å². The van der Waals surface area contributed by atoms with Crippen molar-refractivity contribution in [1.82, 2.24) is 0 Å². The monoisotopic (exact) mass is 358 g/mol. The number of thiophene rings is 1. The SMILES string of the molecule is CS(=O)(=O)c1cccc(C(=O)Cc2sccc2Br)c1. The Morgan fingerprint density at radius 1 is 1.32 bits per heavy atom. The van der Waals surface area contributed by atoms with Gasteiger partial charge in [0.2, 0.25) is 0 Å². The molecule has 2 rings (SSSR count). The fourth-order valence-electron chi connectivity index (χ4n) is 1.60. The van der Waals surface area contributed by atoms with E-state index in [0.717, 1.165) is 15.6 Å². The highest BCUT2D eigenvalue weighted by Crippen LogP contribution is 2.24. The first-order valence-corrected chi connectivity index (χ1v) is 8.99. The van der Waals surface area contributed by atoms with Crippen molar-refractivity contribution in [2.24, 2.45) is 0 Å². The Hall–Kier alpha value is -0.980. The number of carbonyl (C=O) groups excluding carboxylic acids is 1. The molecule has 1 heterocycles. The minimum absolute atomic E-state index is 0.0892. The second kappa shape index (κ2) is 5.56. The van der Waals surface area contributed by atoms with Gasteiger partial charge in [0, 0.05) is 27.6 Å². The van der Waals surface area contributed by atoms with E-state index in [1.165, 1.54) is 23.5 Å². The number of sulfone groups is 1. The van der Waals surface area contributed by atoms with Crippen LogP contribution in [0.5, 0.6) is 0 Å². The third-order valence-corrected chi connectivity index (χ3v) is 5.63. The second-order valence-electron chi connectivity index (χ2n) is 4.09. The molecule has 1 aromatic heterocycles. The number of halogens is 1. The molecule has 3 nitrogen and oxygen atoms in total. The van der Waals surface area contributed by atoms with Gasteiger partial charge in [-0.05, 0) is 39.5 Å². The van der Waals surface area contributed by atoms with E-state index in [-0.39, 0.29) is 17.1 Å². The van der Waals surface area contributed by atoms with Crippen LogP contribution in [0, 0.1) is 0 Å². The van der Waals surface area contributed by atoms with Crippen molar-refractivity contribution in [1.29, 1.82) is 0 Å². The van der Waals surface area contributed by atoms with Crippen molar-refractivity contribution < 1.29 is 13.2 Å². The zero-order chi connectivity index (χ0) is 14.0. The Labute approximate surface area is 124 Å². The molecular formula is C13H11BrO3S2. The van der Waals surface area contributed by atoms with Crippen molar-refractivity contribution in [3.05, 3.63) is 50.6 Å². The largest absolute Gasteiger partial charge is 0.294 e. The highest BCUT2D eigenvalue weighted by Gasteiger charge is 2.13. The maximum absolute atomic E-state index is 12.1. The van der Waals surface area contributed by atoms with Crippen molar-refractivity contribution in [2.75, 3.05) is 6.26 Å². The van der Waals surface area contributed by atoms with Crippen LogP contribution in [0.25, 0.3) is 0 Å². The molecule has 0 bridgehead atoms. The minimum atomic E-state index is -3.29. The molecule has 0 aliphatic heterocycles. The summed E-state index contributed by atoms with van der Waals surface area (Å²) < 4.78 is 23.8. The van der Waals surface area contributed by atoms with E-state index < -0.39 is 9.84 Å². The first-order valence-electron chi connectivity index (χ1n) is 5.43. The van der Waals surface area contributed by atoms with Crippen LogP contribution >= 0.6 is 27.3 Å². The summed E-state index contributed by atoms with van der Waals surface area (Å²) in [6, 6.07) is 8.04. The molecule has 0 spiro atoms. The van der Waals surface area contributed by atoms with E-state index in [4.69, 9.17) is 0 Å².